The van der Waals surface area contributed by atoms with Crippen LogP contribution in [0, 0.1) is 0 Å². The summed E-state index contributed by atoms with van der Waals surface area (Å²) in [6, 6.07) is 9.56. The molecule has 122 valence electrons. The number of ketones is 1. The van der Waals surface area contributed by atoms with E-state index in [-0.39, 0.29) is 17.2 Å². The molecule has 6 nitrogen and oxygen atoms in total. The number of rotatable bonds is 6. The lowest BCUT2D eigenvalue weighted by Gasteiger charge is -2.16. The van der Waals surface area contributed by atoms with E-state index in [9.17, 15) is 13.2 Å². The van der Waals surface area contributed by atoms with E-state index in [0.717, 1.165) is 5.56 Å². The fraction of sp³-hybridized carbons (Fsp3) is 0.250. The SMILES string of the molecule is CC(=O)c1cccc(S(=O)(=O)NCc2cccnc2N(C)C)c1. The lowest BCUT2D eigenvalue weighted by molar-refractivity contribution is 0.101. The Morgan fingerprint density at radius 1 is 1.22 bits per heavy atom. The third-order valence-corrected chi connectivity index (χ3v) is 4.69. The van der Waals surface area contributed by atoms with Crippen LogP contribution < -0.4 is 9.62 Å². The first kappa shape index (κ1) is 17.1. The number of nitrogens with one attached hydrogen (secondary N) is 1. The number of carbonyl (C=O) groups excluding carboxylic acids is 1. The molecule has 0 saturated carbocycles. The Morgan fingerprint density at radius 3 is 2.61 bits per heavy atom. The summed E-state index contributed by atoms with van der Waals surface area (Å²) in [6.45, 7) is 1.52. The predicted octanol–water partition coefficient (Wildman–Crippen LogP) is 1.83. The number of nitrogens with zero attached hydrogens (tertiary/aromatic N) is 2. The van der Waals surface area contributed by atoms with E-state index in [4.69, 9.17) is 0 Å². The molecule has 0 unspecified atom stereocenters. The maximum atomic E-state index is 12.4. The second-order valence-corrected chi connectivity index (χ2v) is 7.06. The number of anilines is 1. The van der Waals surface area contributed by atoms with Gasteiger partial charge in [-0.1, -0.05) is 18.2 Å². The zero-order chi connectivity index (χ0) is 17.0. The smallest absolute Gasteiger partial charge is 0.240 e. The largest absolute Gasteiger partial charge is 0.362 e. The standard InChI is InChI=1S/C16H19N3O3S/c1-12(20)13-6-4-8-15(10-13)23(21,22)18-11-14-7-5-9-17-16(14)19(2)3/h4-10,18H,11H2,1-3H3. The van der Waals surface area contributed by atoms with Crippen molar-refractivity contribution in [3.63, 3.8) is 0 Å². The predicted molar refractivity (Wildman–Crippen MR) is 89.0 cm³/mol. The second-order valence-electron chi connectivity index (χ2n) is 5.29. The number of benzene rings is 1. The van der Waals surface area contributed by atoms with E-state index in [1.165, 1.54) is 19.1 Å². The maximum absolute atomic E-state index is 12.4. The molecule has 0 fully saturated rings. The number of hydrogen-bond donors (Lipinski definition) is 1. The Bertz CT molecular complexity index is 817. The molecule has 2 aromatic rings. The van der Waals surface area contributed by atoms with Crippen LogP contribution in [0.5, 0.6) is 0 Å². The van der Waals surface area contributed by atoms with Gasteiger partial charge >= 0.3 is 0 Å². The van der Waals surface area contributed by atoms with E-state index < -0.39 is 10.0 Å². The van der Waals surface area contributed by atoms with Crippen LogP contribution in [-0.4, -0.2) is 33.3 Å². The Labute approximate surface area is 136 Å². The highest BCUT2D eigenvalue weighted by Gasteiger charge is 2.16. The first-order valence-electron chi connectivity index (χ1n) is 7.03. The van der Waals surface area contributed by atoms with Crippen molar-refractivity contribution in [2.24, 2.45) is 0 Å². The summed E-state index contributed by atoms with van der Waals surface area (Å²) in [4.78, 5) is 17.5. The van der Waals surface area contributed by atoms with Crippen LogP contribution in [0.4, 0.5) is 5.82 Å². The molecule has 1 N–H and O–H groups in total. The lowest BCUT2D eigenvalue weighted by atomic mass is 10.2. The topological polar surface area (TPSA) is 79.4 Å². The summed E-state index contributed by atoms with van der Waals surface area (Å²) in [5.74, 6) is 0.525. The fourth-order valence-corrected chi connectivity index (χ4v) is 3.16. The number of aromatic nitrogens is 1. The first-order chi connectivity index (χ1) is 10.8. The minimum atomic E-state index is -3.71. The molecule has 0 spiro atoms. The average Bonchev–Trinajstić information content (AvgIpc) is 2.53. The highest BCUT2D eigenvalue weighted by Crippen LogP contribution is 2.16. The quantitative estimate of drug-likeness (QED) is 0.816. The third kappa shape index (κ3) is 4.14. The molecule has 1 aromatic heterocycles. The van der Waals surface area contributed by atoms with Crippen LogP contribution in [0.1, 0.15) is 22.8 Å². The molecular weight excluding hydrogens is 314 g/mol. The molecule has 1 aromatic carbocycles. The summed E-state index contributed by atoms with van der Waals surface area (Å²) in [6.07, 6.45) is 1.66. The van der Waals surface area contributed by atoms with Crippen molar-refractivity contribution in [3.05, 3.63) is 53.7 Å². The molecule has 0 aliphatic carbocycles. The van der Waals surface area contributed by atoms with Crippen LogP contribution in [0.2, 0.25) is 0 Å². The van der Waals surface area contributed by atoms with E-state index in [1.54, 1.807) is 24.4 Å². The number of sulfonamides is 1. The minimum Gasteiger partial charge on any atom is -0.362 e. The van der Waals surface area contributed by atoms with Crippen molar-refractivity contribution in [1.29, 1.82) is 0 Å². The molecule has 0 bridgehead atoms. The molecular formula is C16H19N3O3S. The molecule has 0 saturated heterocycles. The Balaban J connectivity index is 2.23. The highest BCUT2D eigenvalue weighted by atomic mass is 32.2. The van der Waals surface area contributed by atoms with Crippen LogP contribution >= 0.6 is 0 Å². The van der Waals surface area contributed by atoms with Gasteiger partial charge in [0.05, 0.1) is 4.90 Å². The van der Waals surface area contributed by atoms with Crippen LogP contribution in [0.15, 0.2) is 47.5 Å². The van der Waals surface area contributed by atoms with Crippen LogP contribution in [0.3, 0.4) is 0 Å². The van der Waals surface area contributed by atoms with Gasteiger partial charge in [0, 0.05) is 38.0 Å². The van der Waals surface area contributed by atoms with Gasteiger partial charge in [0.15, 0.2) is 5.78 Å². The summed E-state index contributed by atoms with van der Waals surface area (Å²) in [7, 11) is -0.0176. The maximum Gasteiger partial charge on any atom is 0.240 e. The zero-order valence-corrected chi connectivity index (χ0v) is 14.1. The van der Waals surface area contributed by atoms with Crippen molar-refractivity contribution in [2.45, 2.75) is 18.4 Å². The molecule has 2 rings (SSSR count). The van der Waals surface area contributed by atoms with Crippen molar-refractivity contribution in [3.8, 4) is 0 Å². The molecule has 0 amide bonds. The van der Waals surface area contributed by atoms with Crippen molar-refractivity contribution in [1.82, 2.24) is 9.71 Å². The molecule has 1 heterocycles. The first-order valence-corrected chi connectivity index (χ1v) is 8.51. The number of Topliss-reactive ketones (excluding diaryl/α,β-unsaturated/α-hetero) is 1. The summed E-state index contributed by atoms with van der Waals surface area (Å²) in [5.41, 5.74) is 1.13. The van der Waals surface area contributed by atoms with Gasteiger partial charge in [-0.3, -0.25) is 4.79 Å². The van der Waals surface area contributed by atoms with Crippen LogP contribution in [0.25, 0.3) is 0 Å². The van der Waals surface area contributed by atoms with Gasteiger partial charge in [-0.05, 0) is 25.1 Å². The molecule has 7 heteroatoms. The molecule has 0 radical (unpaired) electrons. The minimum absolute atomic E-state index is 0.0699. The van der Waals surface area contributed by atoms with E-state index >= 15 is 0 Å². The van der Waals surface area contributed by atoms with Gasteiger partial charge in [-0.15, -0.1) is 0 Å². The van der Waals surface area contributed by atoms with Gasteiger partial charge in [-0.25, -0.2) is 18.1 Å². The zero-order valence-electron chi connectivity index (χ0n) is 13.3. The summed E-state index contributed by atoms with van der Waals surface area (Å²) < 4.78 is 27.4. The number of pyridine rings is 1. The summed E-state index contributed by atoms with van der Waals surface area (Å²) in [5, 5.41) is 0. The third-order valence-electron chi connectivity index (χ3n) is 3.29. The number of carbonyl (C=O) groups is 1. The van der Waals surface area contributed by atoms with Crippen molar-refractivity contribution in [2.75, 3.05) is 19.0 Å². The Morgan fingerprint density at radius 2 is 1.96 bits per heavy atom. The van der Waals surface area contributed by atoms with E-state index in [1.807, 2.05) is 25.1 Å². The van der Waals surface area contributed by atoms with E-state index in [0.29, 0.717) is 11.4 Å². The van der Waals surface area contributed by atoms with Crippen LogP contribution in [-0.2, 0) is 16.6 Å². The molecule has 0 atom stereocenters. The Hall–Kier alpha value is -2.25. The summed E-state index contributed by atoms with van der Waals surface area (Å²) >= 11 is 0. The van der Waals surface area contributed by atoms with Gasteiger partial charge in [-0.2, -0.15) is 0 Å². The van der Waals surface area contributed by atoms with Gasteiger partial charge < -0.3 is 4.90 Å². The molecule has 0 aliphatic heterocycles. The normalized spacial score (nSPS) is 11.3. The van der Waals surface area contributed by atoms with Gasteiger partial charge in [0.1, 0.15) is 5.82 Å². The second kappa shape index (κ2) is 6.89. The monoisotopic (exact) mass is 333 g/mol. The highest BCUT2D eigenvalue weighted by molar-refractivity contribution is 7.89. The molecule has 0 aliphatic rings. The van der Waals surface area contributed by atoms with Crippen molar-refractivity contribution >= 4 is 21.6 Å². The Kier molecular flexibility index (Phi) is 5.12. The van der Waals surface area contributed by atoms with E-state index in [2.05, 4.69) is 9.71 Å². The van der Waals surface area contributed by atoms with Gasteiger partial charge in [0.25, 0.3) is 0 Å². The van der Waals surface area contributed by atoms with Crippen molar-refractivity contribution < 1.29 is 13.2 Å². The lowest BCUT2D eigenvalue weighted by Crippen LogP contribution is -2.25. The molecule has 23 heavy (non-hydrogen) atoms. The fourth-order valence-electron chi connectivity index (χ4n) is 2.11. The van der Waals surface area contributed by atoms with Gasteiger partial charge in [0.2, 0.25) is 10.0 Å². The number of hydrogen-bond acceptors (Lipinski definition) is 5. The average molecular weight is 333 g/mol.